The van der Waals surface area contributed by atoms with Gasteiger partial charge in [0.15, 0.2) is 12.4 Å². The van der Waals surface area contributed by atoms with E-state index in [0.717, 1.165) is 12.8 Å². The molecular weight excluding hydrogens is 525 g/mol. The molecule has 1 saturated heterocycles. The monoisotopic (exact) mass is 553 g/mol. The number of nitrogens with two attached hydrogens (primary N) is 1. The summed E-state index contributed by atoms with van der Waals surface area (Å²) in [6.07, 6.45) is 5.57. The zero-order valence-corrected chi connectivity index (χ0v) is 22.3. The molecule has 12 heteroatoms. The van der Waals surface area contributed by atoms with Crippen LogP contribution >= 0.6 is 11.6 Å². The van der Waals surface area contributed by atoms with Crippen LogP contribution in [0.3, 0.4) is 0 Å². The molecule has 2 fully saturated rings. The van der Waals surface area contributed by atoms with Gasteiger partial charge < -0.3 is 21.1 Å². The standard InChI is InChI=1S/C27H29ClFN7O3/c1-14(2)25(30)27(38)39-13-35-15(3)16(9-24(35)37)8-17-12-31-36-23(32-19-5-6-19)11-22(34-26(17)36)33-21-10-18(28)4-7-20(21)29/h4,7-8,10-12,14,19,25,32H,3,5-6,9,13,30H2,1-2H3,(H,33,34)/b16-8+. The third kappa shape index (κ3) is 5.74. The summed E-state index contributed by atoms with van der Waals surface area (Å²) in [5.74, 6) is -0.317. The minimum atomic E-state index is -0.780. The van der Waals surface area contributed by atoms with Gasteiger partial charge in [-0.3, -0.25) is 14.5 Å². The van der Waals surface area contributed by atoms with Crippen molar-refractivity contribution >= 4 is 52.5 Å². The lowest BCUT2D eigenvalue weighted by atomic mass is 10.1. The number of halogens is 2. The van der Waals surface area contributed by atoms with Crippen LogP contribution in [0.2, 0.25) is 5.02 Å². The molecule has 1 atom stereocenters. The van der Waals surface area contributed by atoms with Gasteiger partial charge in [0.25, 0.3) is 0 Å². The van der Waals surface area contributed by atoms with Crippen LogP contribution in [0.25, 0.3) is 11.7 Å². The fraction of sp³-hybridized carbons (Fsp3) is 0.333. The number of carbonyl (C=O) groups is 2. The van der Waals surface area contributed by atoms with E-state index in [1.165, 1.54) is 23.1 Å². The molecule has 4 N–H and O–H groups in total. The van der Waals surface area contributed by atoms with Gasteiger partial charge in [-0.25, -0.2) is 9.37 Å². The summed E-state index contributed by atoms with van der Waals surface area (Å²) in [7, 11) is 0. The number of rotatable bonds is 9. The number of hydrogen-bond donors (Lipinski definition) is 3. The molecule has 10 nitrogen and oxygen atoms in total. The predicted octanol–water partition coefficient (Wildman–Crippen LogP) is 4.45. The smallest absolute Gasteiger partial charge is 0.324 e. The first kappa shape index (κ1) is 26.6. The van der Waals surface area contributed by atoms with Gasteiger partial charge in [-0.2, -0.15) is 9.61 Å². The van der Waals surface area contributed by atoms with Crippen molar-refractivity contribution in [2.75, 3.05) is 17.4 Å². The lowest BCUT2D eigenvalue weighted by Crippen LogP contribution is -2.39. The lowest BCUT2D eigenvalue weighted by Gasteiger charge is -2.20. The second kappa shape index (κ2) is 10.7. The van der Waals surface area contributed by atoms with Gasteiger partial charge in [0.05, 0.1) is 18.3 Å². The van der Waals surface area contributed by atoms with Crippen LogP contribution in [0.5, 0.6) is 0 Å². The number of carbonyl (C=O) groups excluding carboxylic acids is 2. The molecule has 1 aliphatic heterocycles. The predicted molar refractivity (Wildman–Crippen MR) is 147 cm³/mol. The Hall–Kier alpha value is -3.96. The molecule has 0 bridgehead atoms. The van der Waals surface area contributed by atoms with E-state index in [1.54, 1.807) is 22.9 Å². The first-order valence-corrected chi connectivity index (χ1v) is 13.0. The van der Waals surface area contributed by atoms with Gasteiger partial charge in [-0.05, 0) is 48.6 Å². The van der Waals surface area contributed by atoms with E-state index in [-0.39, 0.29) is 30.7 Å². The quantitative estimate of drug-likeness (QED) is 0.332. The minimum Gasteiger partial charge on any atom is -0.443 e. The van der Waals surface area contributed by atoms with E-state index < -0.39 is 17.8 Å². The number of fused-ring (bicyclic) bond motifs is 1. The van der Waals surface area contributed by atoms with Crippen LogP contribution in [0.4, 0.5) is 21.7 Å². The Morgan fingerprint density at radius 2 is 2.13 bits per heavy atom. The Morgan fingerprint density at radius 3 is 2.85 bits per heavy atom. The highest BCUT2D eigenvalue weighted by Gasteiger charge is 2.31. The number of likely N-dealkylation sites (tertiary alicyclic amines) is 1. The van der Waals surface area contributed by atoms with Crippen LogP contribution in [-0.2, 0) is 14.3 Å². The molecular formula is C27H29ClFN7O3. The molecule has 2 aromatic heterocycles. The number of nitrogens with one attached hydrogen (secondary N) is 2. The first-order chi connectivity index (χ1) is 18.6. The molecule has 2 aliphatic rings. The minimum absolute atomic E-state index is 0.0722. The molecule has 0 spiro atoms. The number of nitrogens with zero attached hydrogens (tertiary/aromatic N) is 4. The van der Waals surface area contributed by atoms with Crippen molar-refractivity contribution in [1.82, 2.24) is 19.5 Å². The summed E-state index contributed by atoms with van der Waals surface area (Å²) >= 11 is 6.06. The number of benzene rings is 1. The zero-order valence-electron chi connectivity index (χ0n) is 21.6. The second-order valence-electron chi connectivity index (χ2n) is 10.0. The molecule has 3 aromatic rings. The molecule has 1 amide bonds. The molecule has 1 aliphatic carbocycles. The van der Waals surface area contributed by atoms with Gasteiger partial charge in [-0.15, -0.1) is 0 Å². The number of hydrogen-bond acceptors (Lipinski definition) is 8. The fourth-order valence-electron chi connectivity index (χ4n) is 4.07. The second-order valence-corrected chi connectivity index (χ2v) is 10.4. The topological polar surface area (TPSA) is 127 Å². The van der Waals surface area contributed by atoms with Crippen molar-refractivity contribution in [3.8, 4) is 0 Å². The normalized spacial score (nSPS) is 17.4. The maximum absolute atomic E-state index is 14.4. The van der Waals surface area contributed by atoms with Gasteiger partial charge in [-0.1, -0.05) is 32.0 Å². The first-order valence-electron chi connectivity index (χ1n) is 12.6. The Bertz CT molecular complexity index is 1500. The zero-order chi connectivity index (χ0) is 27.8. The highest BCUT2D eigenvalue weighted by atomic mass is 35.5. The lowest BCUT2D eigenvalue weighted by molar-refractivity contribution is -0.152. The third-order valence-electron chi connectivity index (χ3n) is 6.61. The summed E-state index contributed by atoms with van der Waals surface area (Å²) in [5, 5.41) is 11.3. The summed E-state index contributed by atoms with van der Waals surface area (Å²) < 4.78 is 21.3. The number of esters is 1. The Morgan fingerprint density at radius 1 is 1.36 bits per heavy atom. The summed E-state index contributed by atoms with van der Waals surface area (Å²) in [4.78, 5) is 30.8. The molecule has 0 radical (unpaired) electrons. The summed E-state index contributed by atoms with van der Waals surface area (Å²) in [6, 6.07) is 5.54. The number of anilines is 3. The Labute approximate surface area is 229 Å². The van der Waals surface area contributed by atoms with Gasteiger partial charge >= 0.3 is 5.97 Å². The number of allylic oxidation sites excluding steroid dienone is 1. The highest BCUT2D eigenvalue weighted by molar-refractivity contribution is 6.30. The van der Waals surface area contributed by atoms with Crippen LogP contribution in [0, 0.1) is 11.7 Å². The van der Waals surface area contributed by atoms with Crippen molar-refractivity contribution < 1.29 is 18.7 Å². The molecule has 5 rings (SSSR count). The number of aromatic nitrogens is 3. The van der Waals surface area contributed by atoms with E-state index in [1.807, 2.05) is 13.8 Å². The van der Waals surface area contributed by atoms with Crippen molar-refractivity contribution in [3.05, 3.63) is 64.7 Å². The summed E-state index contributed by atoms with van der Waals surface area (Å²) in [6.45, 7) is 7.39. The van der Waals surface area contributed by atoms with Gasteiger partial charge in [0.2, 0.25) is 5.91 Å². The van der Waals surface area contributed by atoms with Gasteiger partial charge in [0.1, 0.15) is 23.5 Å². The molecule has 1 saturated carbocycles. The molecule has 204 valence electrons. The van der Waals surface area contributed by atoms with E-state index in [4.69, 9.17) is 22.1 Å². The molecule has 3 heterocycles. The van der Waals surface area contributed by atoms with Gasteiger partial charge in [0, 0.05) is 28.4 Å². The van der Waals surface area contributed by atoms with Crippen molar-refractivity contribution in [3.63, 3.8) is 0 Å². The van der Waals surface area contributed by atoms with Crippen LogP contribution < -0.4 is 16.4 Å². The maximum atomic E-state index is 14.4. The van der Waals surface area contributed by atoms with E-state index >= 15 is 0 Å². The SMILES string of the molecule is C=C1/C(=C/c2cnn3c(NC4CC4)cc(Nc4cc(Cl)ccc4F)nc23)CC(=O)N1COC(=O)C(N)C(C)C. The van der Waals surface area contributed by atoms with Crippen molar-refractivity contribution in [1.29, 1.82) is 0 Å². The maximum Gasteiger partial charge on any atom is 0.324 e. The van der Waals surface area contributed by atoms with Crippen LogP contribution in [0.15, 0.2) is 48.3 Å². The van der Waals surface area contributed by atoms with E-state index in [9.17, 15) is 14.0 Å². The average Bonchev–Trinajstić information content (AvgIpc) is 3.56. The number of amides is 1. The summed E-state index contributed by atoms with van der Waals surface area (Å²) in [5.41, 5.74) is 8.20. The number of ether oxygens (including phenoxy) is 1. The fourth-order valence-corrected chi connectivity index (χ4v) is 4.24. The molecule has 1 unspecified atom stereocenters. The largest absolute Gasteiger partial charge is 0.443 e. The van der Waals surface area contributed by atoms with Crippen molar-refractivity contribution in [2.24, 2.45) is 11.7 Å². The highest BCUT2D eigenvalue weighted by Crippen LogP contribution is 2.32. The Balaban J connectivity index is 1.43. The van der Waals surface area contributed by atoms with E-state index in [2.05, 4.69) is 27.3 Å². The van der Waals surface area contributed by atoms with Crippen molar-refractivity contribution in [2.45, 2.75) is 45.2 Å². The van der Waals surface area contributed by atoms with Crippen LogP contribution in [-0.4, -0.2) is 50.2 Å². The molecule has 1 aromatic carbocycles. The molecule has 39 heavy (non-hydrogen) atoms. The van der Waals surface area contributed by atoms with E-state index in [0.29, 0.717) is 45.2 Å². The Kier molecular flexibility index (Phi) is 7.28. The average molecular weight is 554 g/mol. The van der Waals surface area contributed by atoms with Crippen LogP contribution in [0.1, 0.15) is 38.7 Å². The third-order valence-corrected chi connectivity index (χ3v) is 6.85.